The van der Waals surface area contributed by atoms with E-state index >= 15 is 0 Å². The Morgan fingerprint density at radius 3 is 2.15 bits per heavy atom. The van der Waals surface area contributed by atoms with Gasteiger partial charge in [-0.15, -0.1) is 11.8 Å². The zero-order chi connectivity index (χ0) is 15.2. The van der Waals surface area contributed by atoms with E-state index in [1.165, 1.54) is 17.1 Å². The minimum absolute atomic E-state index is 0.197. The highest BCUT2D eigenvalue weighted by atomic mass is 32.2. The average molecular weight is 294 g/mol. The molecule has 0 amide bonds. The van der Waals surface area contributed by atoms with E-state index in [0.29, 0.717) is 11.3 Å². The third-order valence-electron chi connectivity index (χ3n) is 4.10. The van der Waals surface area contributed by atoms with E-state index in [9.17, 15) is 0 Å². The molecule has 0 aliphatic heterocycles. The van der Waals surface area contributed by atoms with Gasteiger partial charge in [0.25, 0.3) is 0 Å². The van der Waals surface area contributed by atoms with Crippen LogP contribution in [0.25, 0.3) is 0 Å². The molecule has 0 saturated carbocycles. The second kappa shape index (κ2) is 7.51. The van der Waals surface area contributed by atoms with E-state index in [0.717, 1.165) is 6.54 Å². The molecule has 1 unspecified atom stereocenters. The Hall–Kier alpha value is -0.470. The largest absolute Gasteiger partial charge is 0.312 e. The molecule has 0 fully saturated rings. The second-order valence-corrected chi connectivity index (χ2v) is 8.49. The second-order valence-electron chi connectivity index (χ2n) is 7.32. The standard InChI is InChI=1S/C18H31NS/c1-15(2)18(6,14-19-17(3,4)5)12-13-20-16-10-8-7-9-11-16/h7-11,15,19H,12-14H2,1-6H3. The molecular formula is C18H31NS. The molecule has 1 rings (SSSR count). The van der Waals surface area contributed by atoms with Crippen molar-refractivity contribution >= 4 is 11.8 Å². The Morgan fingerprint density at radius 2 is 1.65 bits per heavy atom. The van der Waals surface area contributed by atoms with E-state index in [1.54, 1.807) is 0 Å². The number of benzene rings is 1. The van der Waals surface area contributed by atoms with Crippen LogP contribution in [-0.4, -0.2) is 17.8 Å². The van der Waals surface area contributed by atoms with Crippen LogP contribution in [-0.2, 0) is 0 Å². The Balaban J connectivity index is 2.50. The monoisotopic (exact) mass is 293 g/mol. The average Bonchev–Trinajstić information content (AvgIpc) is 2.37. The Kier molecular flexibility index (Phi) is 6.60. The lowest BCUT2D eigenvalue weighted by molar-refractivity contribution is 0.183. The van der Waals surface area contributed by atoms with Gasteiger partial charge < -0.3 is 5.32 Å². The van der Waals surface area contributed by atoms with Crippen LogP contribution in [0.4, 0.5) is 0 Å². The van der Waals surface area contributed by atoms with Gasteiger partial charge in [-0.2, -0.15) is 0 Å². The van der Waals surface area contributed by atoms with Crippen LogP contribution in [0.1, 0.15) is 48.0 Å². The molecule has 0 radical (unpaired) electrons. The first-order valence-electron chi connectivity index (χ1n) is 7.66. The first-order chi connectivity index (χ1) is 9.23. The maximum absolute atomic E-state index is 3.68. The van der Waals surface area contributed by atoms with E-state index < -0.39 is 0 Å². The van der Waals surface area contributed by atoms with Crippen molar-refractivity contribution < 1.29 is 0 Å². The number of nitrogens with one attached hydrogen (secondary N) is 1. The Morgan fingerprint density at radius 1 is 1.05 bits per heavy atom. The summed E-state index contributed by atoms with van der Waals surface area (Å²) in [5.41, 5.74) is 0.553. The highest BCUT2D eigenvalue weighted by molar-refractivity contribution is 7.99. The third-order valence-corrected chi connectivity index (χ3v) is 5.12. The SMILES string of the molecule is CC(C)C(C)(CCSc1ccccc1)CNC(C)(C)C. The predicted octanol–water partition coefficient (Wildman–Crippen LogP) is 5.22. The number of hydrogen-bond donors (Lipinski definition) is 1. The van der Waals surface area contributed by atoms with Crippen LogP contribution in [0.3, 0.4) is 0 Å². The van der Waals surface area contributed by atoms with Gasteiger partial charge in [0.15, 0.2) is 0 Å². The van der Waals surface area contributed by atoms with E-state index in [1.807, 2.05) is 11.8 Å². The zero-order valence-electron chi connectivity index (χ0n) is 14.0. The van der Waals surface area contributed by atoms with Crippen molar-refractivity contribution in [1.29, 1.82) is 0 Å². The molecular weight excluding hydrogens is 262 g/mol. The minimum Gasteiger partial charge on any atom is -0.312 e. The van der Waals surface area contributed by atoms with Gasteiger partial charge in [0.1, 0.15) is 0 Å². The summed E-state index contributed by atoms with van der Waals surface area (Å²) in [6.07, 6.45) is 1.24. The molecule has 0 heterocycles. The molecule has 0 aliphatic carbocycles. The van der Waals surface area contributed by atoms with Crippen molar-refractivity contribution in [2.24, 2.45) is 11.3 Å². The summed E-state index contributed by atoms with van der Waals surface area (Å²) in [6.45, 7) is 14.9. The van der Waals surface area contributed by atoms with Gasteiger partial charge in [-0.05, 0) is 56.4 Å². The molecule has 0 spiro atoms. The van der Waals surface area contributed by atoms with E-state index in [4.69, 9.17) is 0 Å². The number of thioether (sulfide) groups is 1. The molecule has 0 aliphatic rings. The summed E-state index contributed by atoms with van der Waals surface area (Å²) in [5, 5.41) is 3.68. The summed E-state index contributed by atoms with van der Waals surface area (Å²) >= 11 is 1.97. The van der Waals surface area contributed by atoms with Gasteiger partial charge in [0.2, 0.25) is 0 Å². The normalized spacial score (nSPS) is 15.3. The van der Waals surface area contributed by atoms with Crippen LogP contribution in [0.2, 0.25) is 0 Å². The molecule has 1 aromatic carbocycles. The van der Waals surface area contributed by atoms with Gasteiger partial charge in [-0.3, -0.25) is 0 Å². The lowest BCUT2D eigenvalue weighted by Crippen LogP contribution is -2.45. The summed E-state index contributed by atoms with van der Waals surface area (Å²) in [5.74, 6) is 1.87. The third kappa shape index (κ3) is 6.32. The smallest absolute Gasteiger partial charge is 0.00967 e. The molecule has 0 aromatic heterocycles. The molecule has 114 valence electrons. The summed E-state index contributed by atoms with van der Waals surface area (Å²) in [6, 6.07) is 10.7. The number of rotatable bonds is 7. The van der Waals surface area contributed by atoms with Crippen LogP contribution >= 0.6 is 11.8 Å². The van der Waals surface area contributed by atoms with Gasteiger partial charge in [-0.1, -0.05) is 39.0 Å². The zero-order valence-corrected chi connectivity index (χ0v) is 14.8. The molecule has 1 atom stereocenters. The lowest BCUT2D eigenvalue weighted by Gasteiger charge is -2.37. The first-order valence-corrected chi connectivity index (χ1v) is 8.64. The fourth-order valence-corrected chi connectivity index (χ4v) is 3.12. The van der Waals surface area contributed by atoms with Crippen molar-refractivity contribution in [1.82, 2.24) is 5.32 Å². The molecule has 1 nitrogen and oxygen atoms in total. The molecule has 1 N–H and O–H groups in total. The van der Waals surface area contributed by atoms with Crippen molar-refractivity contribution in [3.8, 4) is 0 Å². The topological polar surface area (TPSA) is 12.0 Å². The maximum atomic E-state index is 3.68. The van der Waals surface area contributed by atoms with E-state index in [2.05, 4.69) is 77.2 Å². The minimum atomic E-state index is 0.197. The molecule has 1 aromatic rings. The van der Waals surface area contributed by atoms with Gasteiger partial charge >= 0.3 is 0 Å². The van der Waals surface area contributed by atoms with Crippen LogP contribution in [0, 0.1) is 11.3 Å². The van der Waals surface area contributed by atoms with Crippen LogP contribution in [0.5, 0.6) is 0 Å². The van der Waals surface area contributed by atoms with Gasteiger partial charge in [-0.25, -0.2) is 0 Å². The molecule has 0 bridgehead atoms. The summed E-state index contributed by atoms with van der Waals surface area (Å²) < 4.78 is 0. The quantitative estimate of drug-likeness (QED) is 0.692. The van der Waals surface area contributed by atoms with Crippen molar-refractivity contribution in [3.05, 3.63) is 30.3 Å². The van der Waals surface area contributed by atoms with Crippen LogP contribution < -0.4 is 5.32 Å². The fourth-order valence-electron chi connectivity index (χ4n) is 1.97. The fraction of sp³-hybridized carbons (Fsp3) is 0.667. The number of hydrogen-bond acceptors (Lipinski definition) is 2. The maximum Gasteiger partial charge on any atom is 0.00967 e. The molecule has 20 heavy (non-hydrogen) atoms. The van der Waals surface area contributed by atoms with Crippen molar-refractivity contribution in [2.45, 2.75) is 58.4 Å². The highest BCUT2D eigenvalue weighted by Gasteiger charge is 2.29. The highest BCUT2D eigenvalue weighted by Crippen LogP contribution is 2.33. The Labute approximate surface area is 129 Å². The molecule has 2 heteroatoms. The van der Waals surface area contributed by atoms with Crippen molar-refractivity contribution in [3.63, 3.8) is 0 Å². The molecule has 0 saturated heterocycles. The Bertz CT molecular complexity index is 380. The predicted molar refractivity (Wildman–Crippen MR) is 92.5 cm³/mol. The summed E-state index contributed by atoms with van der Waals surface area (Å²) in [7, 11) is 0. The van der Waals surface area contributed by atoms with Gasteiger partial charge in [0, 0.05) is 17.0 Å². The van der Waals surface area contributed by atoms with Crippen LogP contribution in [0.15, 0.2) is 35.2 Å². The lowest BCUT2D eigenvalue weighted by atomic mass is 9.76. The first kappa shape index (κ1) is 17.6. The summed E-state index contributed by atoms with van der Waals surface area (Å²) in [4.78, 5) is 1.38. The van der Waals surface area contributed by atoms with Gasteiger partial charge in [0.05, 0.1) is 0 Å². The van der Waals surface area contributed by atoms with Crippen molar-refractivity contribution in [2.75, 3.05) is 12.3 Å². The van der Waals surface area contributed by atoms with E-state index in [-0.39, 0.29) is 5.54 Å².